The molecule has 1 aromatic rings. The van der Waals surface area contributed by atoms with Gasteiger partial charge in [-0.3, -0.25) is 14.5 Å². The molecule has 2 aliphatic rings. The maximum atomic E-state index is 12.4. The first kappa shape index (κ1) is 19.7. The molecule has 0 spiro atoms. The van der Waals surface area contributed by atoms with E-state index >= 15 is 0 Å². The number of hydrogen-bond donors (Lipinski definition) is 0. The Kier molecular flexibility index (Phi) is 6.47. The number of esters is 1. The van der Waals surface area contributed by atoms with E-state index in [4.69, 9.17) is 0 Å². The van der Waals surface area contributed by atoms with Crippen LogP contribution in [-0.4, -0.2) is 55.5 Å². The Morgan fingerprint density at radius 3 is 2.56 bits per heavy atom. The fourth-order valence-corrected chi connectivity index (χ4v) is 4.32. The quantitative estimate of drug-likeness (QED) is 0.768. The molecule has 0 saturated carbocycles. The van der Waals surface area contributed by atoms with Crippen molar-refractivity contribution in [2.45, 2.75) is 25.8 Å². The molecule has 3 rings (SSSR count). The Balaban J connectivity index is 0.00000225. The lowest BCUT2D eigenvalue weighted by Crippen LogP contribution is -2.33. The molecule has 2 aliphatic heterocycles. The highest BCUT2D eigenvalue weighted by atomic mass is 35.5. The van der Waals surface area contributed by atoms with Crippen molar-refractivity contribution in [1.29, 1.82) is 0 Å². The summed E-state index contributed by atoms with van der Waals surface area (Å²) in [4.78, 5) is 28.0. The van der Waals surface area contributed by atoms with Crippen molar-refractivity contribution in [2.24, 2.45) is 11.8 Å². The lowest BCUT2D eigenvalue weighted by Gasteiger charge is -2.28. The number of carbonyl (C=O) groups is 2. The van der Waals surface area contributed by atoms with E-state index in [2.05, 4.69) is 47.9 Å². The number of likely N-dealkylation sites (tertiary alicyclic amines) is 2. The van der Waals surface area contributed by atoms with Gasteiger partial charge in [0.2, 0.25) is 5.91 Å². The van der Waals surface area contributed by atoms with Gasteiger partial charge >= 0.3 is 5.97 Å². The van der Waals surface area contributed by atoms with E-state index in [1.54, 1.807) is 0 Å². The summed E-state index contributed by atoms with van der Waals surface area (Å²) in [5, 5.41) is 0. The standard InChI is InChI=1S/C19H26N2O3.ClH/c1-13-6-4-5-7-15(13)19-16-12-21(11-14(16)10-20(19)2)17(22)8-9-18(23)24-3;/h4-7,14,16,19H,8-12H2,1-3H3;1H/t14-,16+,19-;/m0./s1. The first-order valence-electron chi connectivity index (χ1n) is 8.61. The summed E-state index contributed by atoms with van der Waals surface area (Å²) >= 11 is 0. The molecular weight excluding hydrogens is 340 g/mol. The Morgan fingerprint density at radius 2 is 1.88 bits per heavy atom. The third-order valence-corrected chi connectivity index (χ3v) is 5.52. The molecule has 0 radical (unpaired) electrons. The van der Waals surface area contributed by atoms with Gasteiger partial charge in [-0.1, -0.05) is 24.3 Å². The van der Waals surface area contributed by atoms with Gasteiger partial charge in [-0.25, -0.2) is 0 Å². The number of ether oxygens (including phenoxy) is 1. The van der Waals surface area contributed by atoms with E-state index < -0.39 is 0 Å². The highest BCUT2D eigenvalue weighted by Crippen LogP contribution is 2.44. The number of fused-ring (bicyclic) bond motifs is 1. The second kappa shape index (κ2) is 8.19. The molecular formula is C19H27ClN2O3. The molecule has 3 atom stereocenters. The van der Waals surface area contributed by atoms with Crippen LogP contribution in [0.25, 0.3) is 0 Å². The van der Waals surface area contributed by atoms with E-state index in [1.807, 2.05) is 4.90 Å². The lowest BCUT2D eigenvalue weighted by molar-refractivity contribution is -0.143. The van der Waals surface area contributed by atoms with Crippen molar-refractivity contribution in [1.82, 2.24) is 9.80 Å². The normalized spacial score (nSPS) is 25.4. The van der Waals surface area contributed by atoms with Gasteiger partial charge in [-0.2, -0.15) is 0 Å². The van der Waals surface area contributed by atoms with Crippen LogP contribution >= 0.6 is 12.4 Å². The summed E-state index contributed by atoms with van der Waals surface area (Å²) in [5.41, 5.74) is 2.68. The number of halogens is 1. The number of hydrogen-bond acceptors (Lipinski definition) is 4. The van der Waals surface area contributed by atoms with Crippen LogP contribution in [0.3, 0.4) is 0 Å². The Morgan fingerprint density at radius 1 is 1.16 bits per heavy atom. The Labute approximate surface area is 155 Å². The topological polar surface area (TPSA) is 49.9 Å². The molecule has 0 bridgehead atoms. The number of amides is 1. The molecule has 138 valence electrons. The summed E-state index contributed by atoms with van der Waals surface area (Å²) < 4.78 is 4.62. The number of benzene rings is 1. The van der Waals surface area contributed by atoms with Gasteiger partial charge in [-0.15, -0.1) is 12.4 Å². The summed E-state index contributed by atoms with van der Waals surface area (Å²) in [6, 6.07) is 8.90. The highest BCUT2D eigenvalue weighted by Gasteiger charge is 2.47. The summed E-state index contributed by atoms with van der Waals surface area (Å²) in [5.74, 6) is 0.737. The molecule has 0 aliphatic carbocycles. The van der Waals surface area contributed by atoms with Crippen molar-refractivity contribution in [3.05, 3.63) is 35.4 Å². The van der Waals surface area contributed by atoms with Gasteiger partial charge in [0.1, 0.15) is 0 Å². The van der Waals surface area contributed by atoms with Crippen LogP contribution < -0.4 is 0 Å². The predicted octanol–water partition coefficient (Wildman–Crippen LogP) is 2.43. The van der Waals surface area contributed by atoms with Gasteiger partial charge in [0.05, 0.1) is 13.5 Å². The number of carbonyl (C=O) groups excluding carboxylic acids is 2. The third kappa shape index (κ3) is 3.98. The SMILES string of the molecule is COC(=O)CCC(=O)N1C[C@@H]2CN(C)[C@@H](c3ccccc3C)[C@@H]2C1.Cl. The Hall–Kier alpha value is -1.59. The van der Waals surface area contributed by atoms with Crippen LogP contribution in [-0.2, 0) is 14.3 Å². The van der Waals surface area contributed by atoms with E-state index in [-0.39, 0.29) is 37.1 Å². The van der Waals surface area contributed by atoms with Crippen LogP contribution in [0.5, 0.6) is 0 Å². The third-order valence-electron chi connectivity index (χ3n) is 5.52. The fourth-order valence-electron chi connectivity index (χ4n) is 4.32. The average Bonchev–Trinajstić information content (AvgIpc) is 3.10. The lowest BCUT2D eigenvalue weighted by atomic mass is 9.88. The number of nitrogens with zero attached hydrogens (tertiary/aromatic N) is 2. The minimum atomic E-state index is -0.319. The van der Waals surface area contributed by atoms with Crippen LogP contribution in [0, 0.1) is 18.8 Å². The molecule has 5 nitrogen and oxygen atoms in total. The zero-order chi connectivity index (χ0) is 17.3. The second-order valence-corrected chi connectivity index (χ2v) is 7.04. The van der Waals surface area contributed by atoms with Crippen LogP contribution in [0.1, 0.15) is 30.0 Å². The summed E-state index contributed by atoms with van der Waals surface area (Å²) in [7, 11) is 3.54. The van der Waals surface area contributed by atoms with Crippen LogP contribution in [0.2, 0.25) is 0 Å². The minimum Gasteiger partial charge on any atom is -0.469 e. The van der Waals surface area contributed by atoms with E-state index in [1.165, 1.54) is 18.2 Å². The van der Waals surface area contributed by atoms with Crippen molar-refractivity contribution in [2.75, 3.05) is 33.8 Å². The highest BCUT2D eigenvalue weighted by molar-refractivity contribution is 5.85. The largest absolute Gasteiger partial charge is 0.469 e. The molecule has 25 heavy (non-hydrogen) atoms. The zero-order valence-electron chi connectivity index (χ0n) is 15.1. The van der Waals surface area contributed by atoms with Crippen LogP contribution in [0.15, 0.2) is 24.3 Å². The molecule has 1 aromatic carbocycles. The number of aryl methyl sites for hydroxylation is 1. The van der Waals surface area contributed by atoms with Crippen molar-refractivity contribution in [3.8, 4) is 0 Å². The number of methoxy groups -OCH3 is 1. The van der Waals surface area contributed by atoms with E-state index in [0.717, 1.165) is 19.6 Å². The second-order valence-electron chi connectivity index (χ2n) is 7.04. The van der Waals surface area contributed by atoms with Gasteiger partial charge in [0.15, 0.2) is 0 Å². The van der Waals surface area contributed by atoms with E-state index in [9.17, 15) is 9.59 Å². The number of rotatable bonds is 4. The first-order valence-corrected chi connectivity index (χ1v) is 8.61. The molecule has 0 aromatic heterocycles. The monoisotopic (exact) mass is 366 g/mol. The maximum Gasteiger partial charge on any atom is 0.306 e. The minimum absolute atomic E-state index is 0. The van der Waals surface area contributed by atoms with Gasteiger partial charge in [0.25, 0.3) is 0 Å². The van der Waals surface area contributed by atoms with E-state index in [0.29, 0.717) is 17.9 Å². The van der Waals surface area contributed by atoms with Gasteiger partial charge in [0, 0.05) is 38.0 Å². The molecule has 6 heteroatoms. The average molecular weight is 367 g/mol. The molecule has 0 unspecified atom stereocenters. The van der Waals surface area contributed by atoms with Gasteiger partial charge < -0.3 is 9.64 Å². The van der Waals surface area contributed by atoms with Crippen molar-refractivity contribution >= 4 is 24.3 Å². The molecule has 2 saturated heterocycles. The van der Waals surface area contributed by atoms with Crippen LogP contribution in [0.4, 0.5) is 0 Å². The molecule has 2 fully saturated rings. The van der Waals surface area contributed by atoms with Gasteiger partial charge in [-0.05, 0) is 31.0 Å². The van der Waals surface area contributed by atoms with Crippen molar-refractivity contribution in [3.63, 3.8) is 0 Å². The smallest absolute Gasteiger partial charge is 0.306 e. The summed E-state index contributed by atoms with van der Waals surface area (Å²) in [6.07, 6.45) is 0.416. The zero-order valence-corrected chi connectivity index (χ0v) is 15.9. The predicted molar refractivity (Wildman–Crippen MR) is 98.6 cm³/mol. The fraction of sp³-hybridized carbons (Fsp3) is 0.579. The summed E-state index contributed by atoms with van der Waals surface area (Å²) in [6.45, 7) is 4.76. The Bertz CT molecular complexity index is 637. The maximum absolute atomic E-state index is 12.4. The molecule has 1 amide bonds. The molecule has 0 N–H and O–H groups in total. The first-order chi connectivity index (χ1) is 11.5. The van der Waals surface area contributed by atoms with Crippen molar-refractivity contribution < 1.29 is 14.3 Å². The molecule has 2 heterocycles.